The molecule has 0 aromatic rings. The third-order valence-electron chi connectivity index (χ3n) is 2.58. The van der Waals surface area contributed by atoms with Crippen LogP contribution in [0.15, 0.2) is 0 Å². The normalized spacial score (nSPS) is 26.1. The van der Waals surface area contributed by atoms with Gasteiger partial charge in [0.25, 0.3) is 0 Å². The third-order valence-corrected chi connectivity index (χ3v) is 4.37. The second-order valence-corrected chi connectivity index (χ2v) is 6.06. The first kappa shape index (κ1) is 12.4. The summed E-state index contributed by atoms with van der Waals surface area (Å²) < 4.78 is 27.1. The second kappa shape index (κ2) is 4.94. The van der Waals surface area contributed by atoms with Gasteiger partial charge in [-0.1, -0.05) is 0 Å². The van der Waals surface area contributed by atoms with Gasteiger partial charge in [-0.05, 0) is 19.3 Å². The fourth-order valence-electron chi connectivity index (χ4n) is 1.74. The summed E-state index contributed by atoms with van der Waals surface area (Å²) in [4.78, 5) is 11.1. The van der Waals surface area contributed by atoms with Gasteiger partial charge in [-0.2, -0.15) is 0 Å². The fourth-order valence-corrected chi connectivity index (χ4v) is 3.64. The van der Waals surface area contributed by atoms with Crippen molar-refractivity contribution in [2.75, 3.05) is 18.1 Å². The zero-order chi connectivity index (χ0) is 11.5. The molecular weight excluding hydrogens is 218 g/mol. The summed E-state index contributed by atoms with van der Waals surface area (Å²) in [5, 5.41) is 0. The van der Waals surface area contributed by atoms with Gasteiger partial charge in [0.1, 0.15) is 0 Å². The van der Waals surface area contributed by atoms with Crippen molar-refractivity contribution >= 4 is 15.8 Å². The van der Waals surface area contributed by atoms with Gasteiger partial charge >= 0.3 is 5.97 Å². The molecule has 1 aliphatic heterocycles. The first-order chi connectivity index (χ1) is 6.94. The lowest BCUT2D eigenvalue weighted by molar-refractivity contribution is -0.143. The number of hydrogen-bond donors (Lipinski definition) is 1. The van der Waals surface area contributed by atoms with Gasteiger partial charge in [-0.3, -0.25) is 4.79 Å². The molecule has 1 saturated heterocycles. The molecule has 15 heavy (non-hydrogen) atoms. The Morgan fingerprint density at radius 1 is 1.60 bits per heavy atom. The Bertz CT molecular complexity index is 325. The number of esters is 1. The minimum atomic E-state index is -2.92. The monoisotopic (exact) mass is 235 g/mol. The van der Waals surface area contributed by atoms with Crippen LogP contribution in [0.4, 0.5) is 0 Å². The molecule has 0 aliphatic carbocycles. The molecule has 0 spiro atoms. The van der Waals surface area contributed by atoms with E-state index in [0.717, 1.165) is 0 Å². The Balaban J connectivity index is 2.42. The van der Waals surface area contributed by atoms with E-state index in [4.69, 9.17) is 10.5 Å². The number of rotatable bonds is 4. The molecule has 0 amide bonds. The number of carbonyl (C=O) groups is 1. The quantitative estimate of drug-likeness (QED) is 0.676. The van der Waals surface area contributed by atoms with E-state index in [2.05, 4.69) is 0 Å². The maximum atomic E-state index is 11.2. The van der Waals surface area contributed by atoms with E-state index in [0.29, 0.717) is 13.0 Å². The molecular formula is C9H17NO4S. The lowest BCUT2D eigenvalue weighted by atomic mass is 9.97. The molecule has 0 aromatic heterocycles. The Morgan fingerprint density at radius 2 is 2.27 bits per heavy atom. The predicted octanol–water partition coefficient (Wildman–Crippen LogP) is -0.298. The summed E-state index contributed by atoms with van der Waals surface area (Å²) in [7, 11) is -2.92. The molecule has 2 N–H and O–H groups in total. The fraction of sp³-hybridized carbons (Fsp3) is 0.889. The van der Waals surface area contributed by atoms with Gasteiger partial charge in [0.15, 0.2) is 9.84 Å². The van der Waals surface area contributed by atoms with Crippen LogP contribution < -0.4 is 5.73 Å². The lowest BCUT2D eigenvalue weighted by Gasteiger charge is -2.16. The van der Waals surface area contributed by atoms with Crippen LogP contribution in [0.5, 0.6) is 0 Å². The van der Waals surface area contributed by atoms with Crippen molar-refractivity contribution in [2.45, 2.75) is 25.8 Å². The SMILES string of the molecule is CCOC(=O)CC(N)C1CCS(=O)(=O)C1. The first-order valence-corrected chi connectivity index (χ1v) is 6.88. The van der Waals surface area contributed by atoms with Gasteiger partial charge in [-0.15, -0.1) is 0 Å². The summed E-state index contributed by atoms with van der Waals surface area (Å²) in [6.07, 6.45) is 0.664. The van der Waals surface area contributed by atoms with E-state index in [1.165, 1.54) is 0 Å². The average molecular weight is 235 g/mol. The van der Waals surface area contributed by atoms with Crippen LogP contribution in [-0.4, -0.2) is 38.5 Å². The van der Waals surface area contributed by atoms with E-state index >= 15 is 0 Å². The molecule has 5 nitrogen and oxygen atoms in total. The highest BCUT2D eigenvalue weighted by Gasteiger charge is 2.32. The second-order valence-electron chi connectivity index (χ2n) is 3.84. The average Bonchev–Trinajstić information content (AvgIpc) is 2.46. The molecule has 1 aliphatic rings. The number of nitrogens with two attached hydrogens (primary N) is 1. The van der Waals surface area contributed by atoms with Crippen LogP contribution in [0.3, 0.4) is 0 Å². The van der Waals surface area contributed by atoms with Crippen LogP contribution >= 0.6 is 0 Å². The Hall–Kier alpha value is -0.620. The van der Waals surface area contributed by atoms with Crippen molar-refractivity contribution < 1.29 is 17.9 Å². The number of ether oxygens (including phenoxy) is 1. The molecule has 6 heteroatoms. The van der Waals surface area contributed by atoms with Crippen LogP contribution in [0, 0.1) is 5.92 Å². The Kier molecular flexibility index (Phi) is 4.10. The first-order valence-electron chi connectivity index (χ1n) is 5.06. The van der Waals surface area contributed by atoms with Gasteiger partial charge < -0.3 is 10.5 Å². The molecule has 1 fully saturated rings. The maximum Gasteiger partial charge on any atom is 0.307 e. The van der Waals surface area contributed by atoms with E-state index in [9.17, 15) is 13.2 Å². The van der Waals surface area contributed by atoms with E-state index in [-0.39, 0.29) is 29.8 Å². The maximum absolute atomic E-state index is 11.2. The zero-order valence-corrected chi connectivity index (χ0v) is 9.63. The zero-order valence-electron chi connectivity index (χ0n) is 8.81. The van der Waals surface area contributed by atoms with Gasteiger partial charge in [0.05, 0.1) is 24.5 Å². The Labute approximate surface area is 89.9 Å². The smallest absolute Gasteiger partial charge is 0.307 e. The highest BCUT2D eigenvalue weighted by Crippen LogP contribution is 2.22. The highest BCUT2D eigenvalue weighted by atomic mass is 32.2. The number of carbonyl (C=O) groups excluding carboxylic acids is 1. The van der Waals surface area contributed by atoms with Crippen molar-refractivity contribution in [1.29, 1.82) is 0 Å². The molecule has 0 radical (unpaired) electrons. The topological polar surface area (TPSA) is 86.5 Å². The minimum Gasteiger partial charge on any atom is -0.466 e. The van der Waals surface area contributed by atoms with E-state index < -0.39 is 15.9 Å². The molecule has 1 heterocycles. The number of hydrogen-bond acceptors (Lipinski definition) is 5. The van der Waals surface area contributed by atoms with Crippen molar-refractivity contribution in [3.63, 3.8) is 0 Å². The van der Waals surface area contributed by atoms with E-state index in [1.807, 2.05) is 0 Å². The van der Waals surface area contributed by atoms with Crippen molar-refractivity contribution in [2.24, 2.45) is 11.7 Å². The summed E-state index contributed by atoms with van der Waals surface area (Å²) >= 11 is 0. The van der Waals surface area contributed by atoms with Gasteiger partial charge in [0, 0.05) is 6.04 Å². The molecule has 2 atom stereocenters. The molecule has 0 saturated carbocycles. The van der Waals surface area contributed by atoms with Crippen molar-refractivity contribution in [1.82, 2.24) is 0 Å². The van der Waals surface area contributed by atoms with Crippen LogP contribution in [-0.2, 0) is 19.4 Å². The molecule has 88 valence electrons. The summed E-state index contributed by atoms with van der Waals surface area (Å²) in [5.74, 6) is -0.157. The largest absolute Gasteiger partial charge is 0.466 e. The van der Waals surface area contributed by atoms with Gasteiger partial charge in [-0.25, -0.2) is 8.42 Å². The van der Waals surface area contributed by atoms with Crippen molar-refractivity contribution in [3.8, 4) is 0 Å². The molecule has 0 bridgehead atoms. The molecule has 1 rings (SSSR count). The summed E-state index contributed by atoms with van der Waals surface area (Å²) in [6, 6.07) is -0.402. The predicted molar refractivity (Wildman–Crippen MR) is 56.0 cm³/mol. The van der Waals surface area contributed by atoms with E-state index in [1.54, 1.807) is 6.92 Å². The van der Waals surface area contributed by atoms with Crippen LogP contribution in [0.2, 0.25) is 0 Å². The lowest BCUT2D eigenvalue weighted by Crippen LogP contribution is -2.33. The van der Waals surface area contributed by atoms with Crippen LogP contribution in [0.25, 0.3) is 0 Å². The van der Waals surface area contributed by atoms with Crippen LogP contribution in [0.1, 0.15) is 19.8 Å². The van der Waals surface area contributed by atoms with Crippen molar-refractivity contribution in [3.05, 3.63) is 0 Å². The molecule has 2 unspecified atom stereocenters. The number of sulfone groups is 1. The third kappa shape index (κ3) is 3.79. The molecule has 0 aromatic carbocycles. The highest BCUT2D eigenvalue weighted by molar-refractivity contribution is 7.91. The minimum absolute atomic E-state index is 0.0978. The summed E-state index contributed by atoms with van der Waals surface area (Å²) in [5.41, 5.74) is 5.77. The summed E-state index contributed by atoms with van der Waals surface area (Å²) in [6.45, 7) is 2.05. The Morgan fingerprint density at radius 3 is 2.73 bits per heavy atom. The van der Waals surface area contributed by atoms with Gasteiger partial charge in [0.2, 0.25) is 0 Å². The standard InChI is InChI=1S/C9H17NO4S/c1-2-14-9(11)5-8(10)7-3-4-15(12,13)6-7/h7-8H,2-6,10H2,1H3.